The molecule has 3 heteroatoms. The van der Waals surface area contributed by atoms with Gasteiger partial charge in [0.1, 0.15) is 5.75 Å². The van der Waals surface area contributed by atoms with Crippen LogP contribution < -0.4 is 10.1 Å². The van der Waals surface area contributed by atoms with E-state index in [2.05, 4.69) is 38.2 Å². The van der Waals surface area contributed by atoms with Crippen LogP contribution in [-0.2, 0) is 0 Å². The predicted octanol–water partition coefficient (Wildman–Crippen LogP) is 3.14. The third-order valence-electron chi connectivity index (χ3n) is 3.25. The lowest BCUT2D eigenvalue weighted by Gasteiger charge is -2.24. The summed E-state index contributed by atoms with van der Waals surface area (Å²) in [5.41, 5.74) is 1.20. The van der Waals surface area contributed by atoms with Gasteiger partial charge >= 0.3 is 0 Å². The van der Waals surface area contributed by atoms with Crippen LogP contribution in [0.5, 0.6) is 5.75 Å². The lowest BCUT2D eigenvalue weighted by atomic mass is 10.00. The minimum absolute atomic E-state index is 0.193. The fourth-order valence-corrected chi connectivity index (χ4v) is 2.43. The first-order chi connectivity index (χ1) is 9.06. The number of nitrogens with one attached hydrogen (secondary N) is 1. The molecule has 1 rings (SSSR count). The number of aliphatic hydroxyl groups excluding tert-OH is 1. The molecule has 0 aromatic heterocycles. The fourth-order valence-electron chi connectivity index (χ4n) is 2.43. The van der Waals surface area contributed by atoms with Crippen LogP contribution in [0.4, 0.5) is 0 Å². The Labute approximate surface area is 117 Å². The molecule has 2 N–H and O–H groups in total. The second-order valence-corrected chi connectivity index (χ2v) is 5.54. The van der Waals surface area contributed by atoms with Gasteiger partial charge in [-0.25, -0.2) is 0 Å². The summed E-state index contributed by atoms with van der Waals surface area (Å²) in [5.74, 6) is 1.54. The molecule has 19 heavy (non-hydrogen) atoms. The minimum Gasteiger partial charge on any atom is -0.497 e. The van der Waals surface area contributed by atoms with Crippen molar-refractivity contribution in [2.24, 2.45) is 5.92 Å². The van der Waals surface area contributed by atoms with Crippen LogP contribution in [-0.4, -0.2) is 24.9 Å². The van der Waals surface area contributed by atoms with Crippen molar-refractivity contribution in [3.8, 4) is 5.75 Å². The number of aliphatic hydroxyl groups is 1. The highest BCUT2D eigenvalue weighted by molar-refractivity contribution is 5.29. The molecule has 0 aliphatic carbocycles. The molecule has 0 spiro atoms. The zero-order valence-electron chi connectivity index (χ0n) is 12.5. The quantitative estimate of drug-likeness (QED) is 0.758. The van der Waals surface area contributed by atoms with E-state index < -0.39 is 0 Å². The van der Waals surface area contributed by atoms with Crippen molar-refractivity contribution >= 4 is 0 Å². The van der Waals surface area contributed by atoms with Gasteiger partial charge in [-0.1, -0.05) is 26.0 Å². The van der Waals surface area contributed by atoms with E-state index in [9.17, 15) is 5.11 Å². The molecule has 1 aromatic carbocycles. The number of hydrogen-bond donors (Lipinski definition) is 2. The molecule has 0 saturated carbocycles. The molecule has 0 amide bonds. The maximum Gasteiger partial charge on any atom is 0.118 e. The van der Waals surface area contributed by atoms with E-state index in [4.69, 9.17) is 4.74 Å². The predicted molar refractivity (Wildman–Crippen MR) is 79.5 cm³/mol. The molecule has 2 atom stereocenters. The zero-order valence-corrected chi connectivity index (χ0v) is 12.5. The standard InChI is InChI=1S/C16H27NO2/c1-12(2)11-13(3)17-16(9-10-18)14-5-7-15(19-4)8-6-14/h5-8,12-13,16-18H,9-11H2,1-4H3. The SMILES string of the molecule is COc1ccc(C(CCO)NC(C)CC(C)C)cc1. The first kappa shape index (κ1) is 16.0. The molecular weight excluding hydrogens is 238 g/mol. The lowest BCUT2D eigenvalue weighted by Crippen LogP contribution is -2.32. The normalized spacial score (nSPS) is 14.4. The van der Waals surface area contributed by atoms with Gasteiger partial charge in [0.2, 0.25) is 0 Å². The highest BCUT2D eigenvalue weighted by atomic mass is 16.5. The Morgan fingerprint density at radius 2 is 1.79 bits per heavy atom. The van der Waals surface area contributed by atoms with E-state index in [1.54, 1.807) is 7.11 Å². The van der Waals surface area contributed by atoms with Gasteiger partial charge in [0, 0.05) is 18.7 Å². The highest BCUT2D eigenvalue weighted by Gasteiger charge is 2.14. The summed E-state index contributed by atoms with van der Waals surface area (Å²) in [7, 11) is 1.67. The smallest absolute Gasteiger partial charge is 0.118 e. The zero-order chi connectivity index (χ0) is 14.3. The lowest BCUT2D eigenvalue weighted by molar-refractivity contribution is 0.256. The van der Waals surface area contributed by atoms with Crippen LogP contribution in [0, 0.1) is 5.92 Å². The van der Waals surface area contributed by atoms with Gasteiger partial charge in [0.15, 0.2) is 0 Å². The van der Waals surface area contributed by atoms with Crippen LogP contribution >= 0.6 is 0 Å². The molecule has 0 heterocycles. The molecule has 3 nitrogen and oxygen atoms in total. The van der Waals surface area contributed by atoms with Gasteiger partial charge in [-0.2, -0.15) is 0 Å². The van der Waals surface area contributed by atoms with Crippen LogP contribution in [0.3, 0.4) is 0 Å². The largest absolute Gasteiger partial charge is 0.497 e. The van der Waals surface area contributed by atoms with Crippen LogP contribution in [0.15, 0.2) is 24.3 Å². The molecule has 1 aromatic rings. The number of benzene rings is 1. The van der Waals surface area contributed by atoms with Crippen LogP contribution in [0.1, 0.15) is 45.2 Å². The molecule has 0 aliphatic rings. The number of ether oxygens (including phenoxy) is 1. The Morgan fingerprint density at radius 1 is 1.16 bits per heavy atom. The second-order valence-electron chi connectivity index (χ2n) is 5.54. The van der Waals surface area contributed by atoms with Gasteiger partial charge in [0.25, 0.3) is 0 Å². The topological polar surface area (TPSA) is 41.5 Å². The van der Waals surface area contributed by atoms with Gasteiger partial charge in [-0.3, -0.25) is 0 Å². The average Bonchev–Trinajstić information content (AvgIpc) is 2.37. The van der Waals surface area contributed by atoms with Gasteiger partial charge < -0.3 is 15.2 Å². The highest BCUT2D eigenvalue weighted by Crippen LogP contribution is 2.21. The molecule has 2 unspecified atom stereocenters. The van der Waals surface area contributed by atoms with Crippen molar-refractivity contribution in [2.75, 3.05) is 13.7 Å². The summed E-state index contributed by atoms with van der Waals surface area (Å²) in [5, 5.41) is 12.8. The Kier molecular flexibility index (Phi) is 6.89. The number of hydrogen-bond acceptors (Lipinski definition) is 3. The van der Waals surface area contributed by atoms with Gasteiger partial charge in [-0.05, 0) is 43.4 Å². The van der Waals surface area contributed by atoms with Crippen molar-refractivity contribution < 1.29 is 9.84 Å². The van der Waals surface area contributed by atoms with E-state index >= 15 is 0 Å². The van der Waals surface area contributed by atoms with Crippen molar-refractivity contribution in [1.29, 1.82) is 0 Å². The maximum absolute atomic E-state index is 9.23. The summed E-state index contributed by atoms with van der Waals surface area (Å²) < 4.78 is 5.17. The van der Waals surface area contributed by atoms with E-state index in [-0.39, 0.29) is 12.6 Å². The molecule has 0 bridgehead atoms. The summed E-state index contributed by atoms with van der Waals surface area (Å²) in [4.78, 5) is 0. The number of methoxy groups -OCH3 is 1. The second kappa shape index (κ2) is 8.18. The van der Waals surface area contributed by atoms with Gasteiger partial charge in [-0.15, -0.1) is 0 Å². The van der Waals surface area contributed by atoms with Crippen LogP contribution in [0.2, 0.25) is 0 Å². The summed E-state index contributed by atoms with van der Waals surface area (Å²) in [6, 6.07) is 8.70. The van der Waals surface area contributed by atoms with Crippen molar-refractivity contribution in [3.05, 3.63) is 29.8 Å². The van der Waals surface area contributed by atoms with E-state index in [1.807, 2.05) is 12.1 Å². The Bertz CT molecular complexity index is 348. The van der Waals surface area contributed by atoms with E-state index in [0.29, 0.717) is 12.0 Å². The third-order valence-corrected chi connectivity index (χ3v) is 3.25. The summed E-state index contributed by atoms with van der Waals surface area (Å²) in [6.45, 7) is 6.85. The number of rotatable bonds is 8. The summed E-state index contributed by atoms with van der Waals surface area (Å²) >= 11 is 0. The van der Waals surface area contributed by atoms with Gasteiger partial charge in [0.05, 0.1) is 7.11 Å². The van der Waals surface area contributed by atoms with E-state index in [0.717, 1.165) is 18.6 Å². The molecule has 0 aliphatic heterocycles. The Morgan fingerprint density at radius 3 is 2.26 bits per heavy atom. The van der Waals surface area contributed by atoms with Crippen molar-refractivity contribution in [3.63, 3.8) is 0 Å². The maximum atomic E-state index is 9.23. The Balaban J connectivity index is 2.69. The minimum atomic E-state index is 0.193. The third kappa shape index (κ3) is 5.62. The van der Waals surface area contributed by atoms with Crippen molar-refractivity contribution in [2.45, 2.75) is 45.7 Å². The van der Waals surface area contributed by atoms with Crippen LogP contribution in [0.25, 0.3) is 0 Å². The Hall–Kier alpha value is -1.06. The van der Waals surface area contributed by atoms with Crippen molar-refractivity contribution in [1.82, 2.24) is 5.32 Å². The molecular formula is C16H27NO2. The summed E-state index contributed by atoms with van der Waals surface area (Å²) in [6.07, 6.45) is 1.87. The first-order valence-corrected chi connectivity index (χ1v) is 7.07. The molecule has 0 saturated heterocycles. The molecule has 108 valence electrons. The molecule has 0 radical (unpaired) electrons. The monoisotopic (exact) mass is 265 g/mol. The molecule has 0 fully saturated rings. The average molecular weight is 265 g/mol. The first-order valence-electron chi connectivity index (χ1n) is 7.07. The van der Waals surface area contributed by atoms with E-state index in [1.165, 1.54) is 5.56 Å². The fraction of sp³-hybridized carbons (Fsp3) is 0.625.